The Morgan fingerprint density at radius 3 is 1.35 bits per heavy atom. The van der Waals surface area contributed by atoms with Crippen LogP contribution >= 0.6 is 0 Å². The van der Waals surface area contributed by atoms with Crippen molar-refractivity contribution in [2.45, 2.75) is 13.8 Å². The summed E-state index contributed by atoms with van der Waals surface area (Å²) in [6.45, 7) is 6.22. The Balaban J connectivity index is 0. The first-order valence-electron chi connectivity index (χ1n) is 6.26. The zero-order chi connectivity index (χ0) is 18.7. The molecule has 0 radical (unpaired) electrons. The minimum absolute atomic E-state index is 0.593. The van der Waals surface area contributed by atoms with Crippen molar-refractivity contribution < 1.29 is 34.5 Å². The molecule has 1 aromatic rings. The second-order valence-electron chi connectivity index (χ2n) is 3.78. The van der Waals surface area contributed by atoms with Crippen molar-refractivity contribution in [3.8, 4) is 0 Å². The van der Waals surface area contributed by atoms with Gasteiger partial charge in [-0.1, -0.05) is 0 Å². The van der Waals surface area contributed by atoms with Crippen molar-refractivity contribution in [1.29, 1.82) is 5.39 Å². The molecule has 13 heteroatoms. The van der Waals surface area contributed by atoms with E-state index >= 15 is 0 Å². The van der Waals surface area contributed by atoms with Crippen LogP contribution < -0.4 is 4.90 Å². The van der Waals surface area contributed by atoms with Gasteiger partial charge in [-0.3, -0.25) is 0 Å². The number of rotatable bonds is 3. The van der Waals surface area contributed by atoms with E-state index in [0.717, 1.165) is 18.8 Å². The van der Waals surface area contributed by atoms with Crippen LogP contribution in [0.1, 0.15) is 13.8 Å². The lowest BCUT2D eigenvalue weighted by Crippen LogP contribution is -2.21. The molecule has 23 heavy (non-hydrogen) atoms. The Morgan fingerprint density at radius 1 is 0.826 bits per heavy atom. The molecule has 0 saturated carbocycles. The SMILES string of the molecule is CCN(CC)c1ccc([N+]#N)cc1.F[B-](F)(F)F.F[B-](F)(F)F. The monoisotopic (exact) mass is 350 g/mol. The van der Waals surface area contributed by atoms with Gasteiger partial charge in [0.15, 0.2) is 4.98 Å². The van der Waals surface area contributed by atoms with Crippen molar-refractivity contribution in [2.24, 2.45) is 0 Å². The predicted molar refractivity (Wildman–Crippen MR) is 75.1 cm³/mol. The fourth-order valence-electron chi connectivity index (χ4n) is 1.32. The van der Waals surface area contributed by atoms with Crippen LogP contribution in [0.25, 0.3) is 4.98 Å². The van der Waals surface area contributed by atoms with Crippen molar-refractivity contribution in [1.82, 2.24) is 0 Å². The van der Waals surface area contributed by atoms with Crippen LogP contribution in [-0.2, 0) is 0 Å². The Morgan fingerprint density at radius 2 is 1.13 bits per heavy atom. The Hall–Kier alpha value is -1.99. The van der Waals surface area contributed by atoms with Crippen molar-refractivity contribution >= 4 is 25.9 Å². The first-order chi connectivity index (χ1) is 10.3. The summed E-state index contributed by atoms with van der Waals surface area (Å²) >= 11 is 0. The molecule has 0 aliphatic heterocycles. The minimum atomic E-state index is -6.00. The van der Waals surface area contributed by atoms with E-state index in [1.165, 1.54) is 0 Å². The minimum Gasteiger partial charge on any atom is -0.418 e. The molecule has 0 N–H and O–H groups in total. The van der Waals surface area contributed by atoms with Gasteiger partial charge in [-0.2, -0.15) is 0 Å². The van der Waals surface area contributed by atoms with Crippen LogP contribution in [0.4, 0.5) is 45.9 Å². The number of benzene rings is 1. The average molecular weight is 350 g/mol. The number of hydrogen-bond donors (Lipinski definition) is 0. The zero-order valence-corrected chi connectivity index (χ0v) is 12.2. The highest BCUT2D eigenvalue weighted by Gasteiger charge is 2.21. The summed E-state index contributed by atoms with van der Waals surface area (Å²) in [5, 5.41) is 8.49. The Kier molecular flexibility index (Phi) is 10.8. The molecule has 0 bridgehead atoms. The van der Waals surface area contributed by atoms with E-state index in [9.17, 15) is 34.5 Å². The third-order valence-electron chi connectivity index (χ3n) is 2.09. The summed E-state index contributed by atoms with van der Waals surface area (Å²) in [5.41, 5.74) is 1.76. The molecular weight excluding hydrogens is 336 g/mol. The summed E-state index contributed by atoms with van der Waals surface area (Å²) < 4.78 is 78.0. The van der Waals surface area contributed by atoms with Crippen molar-refractivity contribution in [3.63, 3.8) is 0 Å². The third-order valence-corrected chi connectivity index (χ3v) is 2.09. The molecule has 0 heterocycles. The van der Waals surface area contributed by atoms with Gasteiger partial charge in [-0.15, -0.1) is 0 Å². The van der Waals surface area contributed by atoms with Crippen LogP contribution in [0.15, 0.2) is 24.3 Å². The number of anilines is 1. The van der Waals surface area contributed by atoms with Gasteiger partial charge >= 0.3 is 20.2 Å². The summed E-state index contributed by atoms with van der Waals surface area (Å²) in [6, 6.07) is 7.52. The summed E-state index contributed by atoms with van der Waals surface area (Å²) in [4.78, 5) is 5.34. The lowest BCUT2D eigenvalue weighted by molar-refractivity contribution is 0.366. The molecule has 0 spiro atoms. The van der Waals surface area contributed by atoms with Gasteiger partial charge in [0, 0.05) is 30.9 Å². The molecular formula is C10H14B2F8N3-. The third kappa shape index (κ3) is 20.0. The Bertz CT molecular complexity index is 441. The molecule has 132 valence electrons. The normalized spacial score (nSPS) is 10.5. The van der Waals surface area contributed by atoms with Crippen LogP contribution in [0.3, 0.4) is 0 Å². The summed E-state index contributed by atoms with van der Waals surface area (Å²) in [6.07, 6.45) is 0. The number of diazo groups is 1. The highest BCUT2D eigenvalue weighted by Crippen LogP contribution is 2.19. The smallest absolute Gasteiger partial charge is 0.418 e. The van der Waals surface area contributed by atoms with Gasteiger partial charge in [0.05, 0.1) is 0 Å². The van der Waals surface area contributed by atoms with Gasteiger partial charge < -0.3 is 39.4 Å². The molecule has 0 atom stereocenters. The molecule has 0 aromatic heterocycles. The predicted octanol–water partition coefficient (Wildman–Crippen LogP) is 5.62. The van der Waals surface area contributed by atoms with Crippen molar-refractivity contribution in [2.75, 3.05) is 18.0 Å². The van der Waals surface area contributed by atoms with Crippen LogP contribution in [0.2, 0.25) is 0 Å². The van der Waals surface area contributed by atoms with Crippen LogP contribution in [0, 0.1) is 5.39 Å². The zero-order valence-electron chi connectivity index (χ0n) is 12.2. The lowest BCUT2D eigenvalue weighted by atomic mass is 10.2. The highest BCUT2D eigenvalue weighted by atomic mass is 19.5. The summed E-state index contributed by atoms with van der Waals surface area (Å²) in [5.74, 6) is 0. The van der Waals surface area contributed by atoms with Gasteiger partial charge in [0.1, 0.15) is 0 Å². The maximum absolute atomic E-state index is 9.75. The molecule has 3 nitrogen and oxygen atoms in total. The summed E-state index contributed by atoms with van der Waals surface area (Å²) in [7, 11) is -12.0. The lowest BCUT2D eigenvalue weighted by Gasteiger charge is -2.20. The van der Waals surface area contributed by atoms with E-state index in [1.807, 2.05) is 12.1 Å². The van der Waals surface area contributed by atoms with Crippen molar-refractivity contribution in [3.05, 3.63) is 29.2 Å². The van der Waals surface area contributed by atoms with E-state index in [1.54, 1.807) is 12.1 Å². The Labute approximate surface area is 128 Å². The van der Waals surface area contributed by atoms with Gasteiger partial charge in [0.2, 0.25) is 5.39 Å². The molecule has 0 unspecified atom stereocenters. The van der Waals surface area contributed by atoms with Gasteiger partial charge in [0.25, 0.3) is 0 Å². The topological polar surface area (TPSA) is 31.4 Å². The average Bonchev–Trinajstić information content (AvgIpc) is 2.37. The first-order valence-corrected chi connectivity index (χ1v) is 6.26. The molecule has 0 saturated heterocycles. The molecule has 1 aromatic carbocycles. The maximum Gasteiger partial charge on any atom is 0.673 e. The molecule has 1 rings (SSSR count). The molecule has 0 aliphatic rings. The first kappa shape index (κ1) is 23.3. The highest BCUT2D eigenvalue weighted by molar-refractivity contribution is 6.50. The number of halogens is 8. The second kappa shape index (κ2) is 10.7. The van der Waals surface area contributed by atoms with E-state index in [4.69, 9.17) is 5.39 Å². The molecule has 0 fully saturated rings. The van der Waals surface area contributed by atoms with Gasteiger partial charge in [-0.05, 0) is 26.0 Å². The number of nitrogens with zero attached hydrogens (tertiary/aromatic N) is 3. The maximum atomic E-state index is 9.75. The van der Waals surface area contributed by atoms with E-state index in [0.29, 0.717) is 5.69 Å². The largest absolute Gasteiger partial charge is 0.673 e. The molecule has 0 amide bonds. The van der Waals surface area contributed by atoms with E-state index < -0.39 is 14.5 Å². The fourth-order valence-corrected chi connectivity index (χ4v) is 1.32. The fraction of sp³-hybridized carbons (Fsp3) is 0.400. The molecule has 0 aliphatic carbocycles. The second-order valence-corrected chi connectivity index (χ2v) is 3.78. The number of hydrogen-bond acceptors (Lipinski definition) is 2. The van der Waals surface area contributed by atoms with Crippen LogP contribution in [0.5, 0.6) is 0 Å². The van der Waals surface area contributed by atoms with E-state index in [-0.39, 0.29) is 0 Å². The van der Waals surface area contributed by atoms with Crippen LogP contribution in [-0.4, -0.2) is 27.6 Å². The standard InChI is InChI=1S/C10H14N3.2BF4/c1-3-13(4-2)10-7-5-9(12-11)6-8-10;2*2-1(3,4)5/h5-8H,3-4H2,1-2H3;;/q+1;2*-1. The quantitative estimate of drug-likeness (QED) is 0.403. The van der Waals surface area contributed by atoms with E-state index in [2.05, 4.69) is 23.7 Å². The van der Waals surface area contributed by atoms with Gasteiger partial charge in [-0.25, -0.2) is 0 Å².